The predicted molar refractivity (Wildman–Crippen MR) is 130 cm³/mol. The van der Waals surface area contributed by atoms with Gasteiger partial charge >= 0.3 is 0 Å². The molecular weight excluding hydrogens is 432 g/mol. The van der Waals surface area contributed by atoms with Crippen molar-refractivity contribution < 1.29 is 19.0 Å². The number of anilines is 1. The third kappa shape index (κ3) is 5.95. The SMILES string of the molecule is COc1ccccc1OCCNC(=O)C1CCN(c2nccnc2Oc2ccc(C)cc2)CC1. The van der Waals surface area contributed by atoms with Crippen LogP contribution in [-0.4, -0.2) is 49.2 Å². The van der Waals surface area contributed by atoms with Crippen LogP contribution in [0.15, 0.2) is 60.9 Å². The third-order valence-electron chi connectivity index (χ3n) is 5.78. The van der Waals surface area contributed by atoms with Gasteiger partial charge in [-0.15, -0.1) is 0 Å². The molecule has 1 fully saturated rings. The Morgan fingerprint density at radius 1 is 1.03 bits per heavy atom. The number of nitrogens with zero attached hydrogens (tertiary/aromatic N) is 3. The van der Waals surface area contributed by atoms with E-state index in [2.05, 4.69) is 20.2 Å². The molecule has 8 heteroatoms. The third-order valence-corrected chi connectivity index (χ3v) is 5.78. The Morgan fingerprint density at radius 2 is 1.74 bits per heavy atom. The summed E-state index contributed by atoms with van der Waals surface area (Å²) >= 11 is 0. The van der Waals surface area contributed by atoms with Crippen molar-refractivity contribution in [1.29, 1.82) is 0 Å². The predicted octanol–water partition coefficient (Wildman–Crippen LogP) is 4.00. The van der Waals surface area contributed by atoms with Gasteiger partial charge in [-0.25, -0.2) is 9.97 Å². The van der Waals surface area contributed by atoms with Gasteiger partial charge in [-0.3, -0.25) is 4.79 Å². The van der Waals surface area contributed by atoms with Crippen LogP contribution in [0.25, 0.3) is 0 Å². The number of amides is 1. The van der Waals surface area contributed by atoms with Crippen LogP contribution < -0.4 is 24.4 Å². The fourth-order valence-electron chi connectivity index (χ4n) is 3.90. The number of hydrogen-bond donors (Lipinski definition) is 1. The Bertz CT molecular complexity index is 1080. The van der Waals surface area contributed by atoms with Crippen molar-refractivity contribution >= 4 is 11.7 Å². The van der Waals surface area contributed by atoms with Crippen molar-refractivity contribution in [2.24, 2.45) is 5.92 Å². The Labute approximate surface area is 199 Å². The van der Waals surface area contributed by atoms with Gasteiger partial charge < -0.3 is 24.4 Å². The first-order valence-corrected chi connectivity index (χ1v) is 11.5. The van der Waals surface area contributed by atoms with Crippen molar-refractivity contribution in [3.05, 3.63) is 66.5 Å². The van der Waals surface area contributed by atoms with Crippen molar-refractivity contribution in [1.82, 2.24) is 15.3 Å². The summed E-state index contributed by atoms with van der Waals surface area (Å²) in [6, 6.07) is 15.3. The van der Waals surface area contributed by atoms with Crippen LogP contribution in [0, 0.1) is 12.8 Å². The first-order valence-electron chi connectivity index (χ1n) is 11.5. The molecule has 0 saturated carbocycles. The molecule has 0 bridgehead atoms. The fraction of sp³-hybridized carbons (Fsp3) is 0.346. The summed E-state index contributed by atoms with van der Waals surface area (Å²) in [5.74, 6) is 3.25. The Kier molecular flexibility index (Phi) is 7.80. The van der Waals surface area contributed by atoms with Crippen LogP contribution in [-0.2, 0) is 4.79 Å². The summed E-state index contributed by atoms with van der Waals surface area (Å²) in [5, 5.41) is 2.99. The minimum absolute atomic E-state index is 0.0411. The molecule has 34 heavy (non-hydrogen) atoms. The second kappa shape index (κ2) is 11.4. The number of carbonyl (C=O) groups is 1. The van der Waals surface area contributed by atoms with E-state index >= 15 is 0 Å². The molecule has 0 radical (unpaired) electrons. The molecule has 0 spiro atoms. The monoisotopic (exact) mass is 462 g/mol. The molecule has 4 rings (SSSR count). The van der Waals surface area contributed by atoms with E-state index in [9.17, 15) is 4.79 Å². The molecule has 0 atom stereocenters. The van der Waals surface area contributed by atoms with Crippen LogP contribution in [0.4, 0.5) is 5.82 Å². The number of nitrogens with one attached hydrogen (secondary N) is 1. The topological polar surface area (TPSA) is 85.8 Å². The van der Waals surface area contributed by atoms with E-state index in [1.807, 2.05) is 55.5 Å². The van der Waals surface area contributed by atoms with Gasteiger partial charge in [0.15, 0.2) is 17.3 Å². The number of ether oxygens (including phenoxy) is 3. The molecule has 1 saturated heterocycles. The number of benzene rings is 2. The van der Waals surface area contributed by atoms with E-state index in [1.165, 1.54) is 5.56 Å². The Hall–Kier alpha value is -3.81. The number of aryl methyl sites for hydroxylation is 1. The molecule has 1 aromatic heterocycles. The highest BCUT2D eigenvalue weighted by Gasteiger charge is 2.27. The lowest BCUT2D eigenvalue weighted by Crippen LogP contribution is -2.41. The van der Waals surface area contributed by atoms with Gasteiger partial charge in [-0.2, -0.15) is 0 Å². The highest BCUT2D eigenvalue weighted by Crippen LogP contribution is 2.31. The van der Waals surface area contributed by atoms with Crippen molar-refractivity contribution in [3.8, 4) is 23.1 Å². The van der Waals surface area contributed by atoms with Gasteiger partial charge in [0.05, 0.1) is 13.7 Å². The van der Waals surface area contributed by atoms with Gasteiger partial charge in [-0.05, 0) is 44.0 Å². The van der Waals surface area contributed by atoms with Crippen LogP contribution in [0.5, 0.6) is 23.1 Å². The summed E-state index contributed by atoms with van der Waals surface area (Å²) in [6.07, 6.45) is 4.76. The summed E-state index contributed by atoms with van der Waals surface area (Å²) in [6.45, 7) is 4.27. The number of methoxy groups -OCH3 is 1. The molecule has 1 aliphatic heterocycles. The molecule has 1 N–H and O–H groups in total. The summed E-state index contributed by atoms with van der Waals surface area (Å²) in [5.41, 5.74) is 1.17. The first kappa shape index (κ1) is 23.4. The molecule has 2 aromatic carbocycles. The van der Waals surface area contributed by atoms with Crippen LogP contribution in [0.3, 0.4) is 0 Å². The number of piperidine rings is 1. The molecular formula is C26H30N4O4. The van der Waals surface area contributed by atoms with Crippen LogP contribution >= 0.6 is 0 Å². The second-order valence-electron chi connectivity index (χ2n) is 8.15. The Morgan fingerprint density at radius 3 is 2.47 bits per heavy atom. The quantitative estimate of drug-likeness (QED) is 0.481. The normalized spacial score (nSPS) is 13.9. The first-order chi connectivity index (χ1) is 16.6. The molecule has 1 amide bonds. The minimum atomic E-state index is -0.0411. The van der Waals surface area contributed by atoms with E-state index < -0.39 is 0 Å². The maximum atomic E-state index is 12.6. The molecule has 1 aliphatic rings. The summed E-state index contributed by atoms with van der Waals surface area (Å²) in [4.78, 5) is 23.7. The molecule has 0 unspecified atom stereocenters. The van der Waals surface area contributed by atoms with Gasteiger partial charge in [0, 0.05) is 31.4 Å². The van der Waals surface area contributed by atoms with E-state index in [4.69, 9.17) is 14.2 Å². The number of carbonyl (C=O) groups excluding carboxylic acids is 1. The second-order valence-corrected chi connectivity index (χ2v) is 8.15. The largest absolute Gasteiger partial charge is 0.493 e. The minimum Gasteiger partial charge on any atom is -0.493 e. The zero-order valence-electron chi connectivity index (χ0n) is 19.6. The molecule has 8 nitrogen and oxygen atoms in total. The van der Waals surface area contributed by atoms with Crippen molar-refractivity contribution in [2.45, 2.75) is 19.8 Å². The van der Waals surface area contributed by atoms with Crippen molar-refractivity contribution in [2.75, 3.05) is 38.3 Å². The van der Waals surface area contributed by atoms with Crippen molar-refractivity contribution in [3.63, 3.8) is 0 Å². The number of aromatic nitrogens is 2. The highest BCUT2D eigenvalue weighted by molar-refractivity contribution is 5.79. The Balaban J connectivity index is 1.25. The van der Waals surface area contributed by atoms with E-state index in [0.29, 0.717) is 49.4 Å². The average molecular weight is 463 g/mol. The zero-order valence-corrected chi connectivity index (χ0v) is 19.6. The maximum Gasteiger partial charge on any atom is 0.263 e. The number of hydrogen-bond acceptors (Lipinski definition) is 7. The van der Waals surface area contributed by atoms with E-state index in [0.717, 1.165) is 18.6 Å². The molecule has 2 heterocycles. The molecule has 0 aliphatic carbocycles. The fourth-order valence-corrected chi connectivity index (χ4v) is 3.90. The van der Waals surface area contributed by atoms with Crippen LogP contribution in [0.1, 0.15) is 18.4 Å². The van der Waals surface area contributed by atoms with Gasteiger partial charge in [0.2, 0.25) is 5.91 Å². The number of rotatable bonds is 9. The molecule has 3 aromatic rings. The van der Waals surface area contributed by atoms with Gasteiger partial charge in [-0.1, -0.05) is 29.8 Å². The molecule has 178 valence electrons. The van der Waals surface area contributed by atoms with Gasteiger partial charge in [0.25, 0.3) is 5.88 Å². The smallest absolute Gasteiger partial charge is 0.263 e. The van der Waals surface area contributed by atoms with E-state index in [-0.39, 0.29) is 11.8 Å². The maximum absolute atomic E-state index is 12.6. The van der Waals surface area contributed by atoms with Gasteiger partial charge in [0.1, 0.15) is 12.4 Å². The average Bonchev–Trinajstić information content (AvgIpc) is 2.88. The standard InChI is InChI=1S/C26H30N4O4/c1-19-7-9-21(10-8-19)34-26-24(27-13-14-29-26)30-16-11-20(12-17-30)25(31)28-15-18-33-23-6-4-3-5-22(23)32-2/h3-10,13-14,20H,11-12,15-18H2,1-2H3,(H,28,31). The number of para-hydroxylation sites is 2. The lowest BCUT2D eigenvalue weighted by Gasteiger charge is -2.32. The lowest BCUT2D eigenvalue weighted by atomic mass is 9.96. The lowest BCUT2D eigenvalue weighted by molar-refractivity contribution is -0.125. The van der Waals surface area contributed by atoms with E-state index in [1.54, 1.807) is 19.5 Å². The zero-order chi connectivity index (χ0) is 23.8. The van der Waals surface area contributed by atoms with Crippen LogP contribution in [0.2, 0.25) is 0 Å². The summed E-state index contributed by atoms with van der Waals surface area (Å²) in [7, 11) is 1.61. The summed E-state index contributed by atoms with van der Waals surface area (Å²) < 4.78 is 17.0. The highest BCUT2D eigenvalue weighted by atomic mass is 16.5.